The van der Waals surface area contributed by atoms with Gasteiger partial charge in [0.25, 0.3) is 5.91 Å². The lowest BCUT2D eigenvalue weighted by atomic mass is 9.81. The summed E-state index contributed by atoms with van der Waals surface area (Å²) in [6, 6.07) is 13.2. The number of hydrogen-bond acceptors (Lipinski definition) is 5. The van der Waals surface area contributed by atoms with E-state index in [2.05, 4.69) is 5.32 Å². The van der Waals surface area contributed by atoms with Gasteiger partial charge in [-0.3, -0.25) is 19.3 Å². The van der Waals surface area contributed by atoms with Crippen LogP contribution in [-0.2, 0) is 30.3 Å². The number of nitrogens with one attached hydrogen (secondary N) is 1. The number of esters is 1. The highest BCUT2D eigenvalue weighted by Gasteiger charge is 2.62. The molecule has 35 heavy (non-hydrogen) atoms. The molecule has 0 radical (unpaired) electrons. The molecule has 2 aliphatic carbocycles. The summed E-state index contributed by atoms with van der Waals surface area (Å²) in [6.45, 7) is 1.28. The second kappa shape index (κ2) is 9.46. The lowest BCUT2D eigenvalue weighted by Crippen LogP contribution is -2.48. The van der Waals surface area contributed by atoms with Crippen molar-refractivity contribution in [2.45, 2.75) is 38.6 Å². The number of fused-ring (bicyclic) bond motifs is 5. The van der Waals surface area contributed by atoms with Gasteiger partial charge in [-0.2, -0.15) is 0 Å². The van der Waals surface area contributed by atoms with Gasteiger partial charge in [0.1, 0.15) is 6.04 Å². The number of benzene rings is 2. The van der Waals surface area contributed by atoms with E-state index in [4.69, 9.17) is 16.3 Å². The van der Waals surface area contributed by atoms with Crippen LogP contribution in [0.3, 0.4) is 0 Å². The van der Waals surface area contributed by atoms with Crippen molar-refractivity contribution in [1.82, 2.24) is 4.90 Å². The minimum Gasteiger partial charge on any atom is -0.454 e. The summed E-state index contributed by atoms with van der Waals surface area (Å²) in [5.74, 6) is -2.08. The number of likely N-dealkylation sites (tertiary alicyclic amines) is 1. The molecule has 0 spiro atoms. The highest BCUT2D eigenvalue weighted by atomic mass is 35.5. The molecule has 7 nitrogen and oxygen atoms in total. The average molecular weight is 495 g/mol. The SMILES string of the molecule is Cc1ccc(Cl)cc1NC(=O)COC(=O)[C@H](Cc1ccccc1)N1C(=O)[C@@H]2[C@H]3CC[C@@H](C3)[C@H]2C1=O. The average Bonchev–Trinajstić information content (AvgIpc) is 3.53. The molecule has 3 fully saturated rings. The van der Waals surface area contributed by atoms with Crippen molar-refractivity contribution in [1.29, 1.82) is 0 Å². The van der Waals surface area contributed by atoms with Crippen molar-refractivity contribution >= 4 is 41.0 Å². The van der Waals surface area contributed by atoms with E-state index in [9.17, 15) is 19.2 Å². The van der Waals surface area contributed by atoms with E-state index in [1.54, 1.807) is 18.2 Å². The summed E-state index contributed by atoms with van der Waals surface area (Å²) in [5, 5.41) is 3.16. The molecule has 1 N–H and O–H groups in total. The zero-order valence-corrected chi connectivity index (χ0v) is 20.2. The van der Waals surface area contributed by atoms with Gasteiger partial charge in [-0.25, -0.2) is 4.79 Å². The van der Waals surface area contributed by atoms with E-state index < -0.39 is 24.5 Å². The number of imide groups is 1. The van der Waals surface area contributed by atoms with Gasteiger partial charge in [-0.1, -0.05) is 48.0 Å². The Morgan fingerprint density at radius 3 is 2.37 bits per heavy atom. The number of aryl methyl sites for hydroxylation is 1. The first kappa shape index (κ1) is 23.5. The van der Waals surface area contributed by atoms with Gasteiger partial charge in [0, 0.05) is 17.1 Å². The third-order valence-electron chi connectivity index (χ3n) is 7.64. The summed E-state index contributed by atoms with van der Waals surface area (Å²) >= 11 is 6.01. The molecule has 8 heteroatoms. The maximum absolute atomic E-state index is 13.4. The Morgan fingerprint density at radius 1 is 1.06 bits per heavy atom. The molecule has 0 aromatic heterocycles. The van der Waals surface area contributed by atoms with Crippen LogP contribution in [0.15, 0.2) is 48.5 Å². The van der Waals surface area contributed by atoms with E-state index in [0.717, 1.165) is 35.3 Å². The molecule has 3 amide bonds. The van der Waals surface area contributed by atoms with Crippen LogP contribution in [0.4, 0.5) is 5.69 Å². The number of rotatable bonds is 7. The monoisotopic (exact) mass is 494 g/mol. The van der Waals surface area contributed by atoms with Gasteiger partial charge < -0.3 is 10.1 Å². The lowest BCUT2D eigenvalue weighted by molar-refractivity contribution is -0.160. The molecular formula is C27H27ClN2O5. The Bertz CT molecular complexity index is 1160. The van der Waals surface area contributed by atoms with Crippen LogP contribution in [0.25, 0.3) is 0 Å². The van der Waals surface area contributed by atoms with Gasteiger partial charge in [-0.15, -0.1) is 0 Å². The molecule has 2 aromatic carbocycles. The number of anilines is 1. The zero-order chi connectivity index (χ0) is 24.7. The molecule has 0 unspecified atom stereocenters. The summed E-state index contributed by atoms with van der Waals surface area (Å²) in [7, 11) is 0. The standard InChI is InChI=1S/C27H27ClN2O5/c1-15-7-10-19(28)13-20(15)29-22(31)14-35-27(34)21(11-16-5-3-2-4-6-16)30-25(32)23-17-8-9-18(12-17)24(23)26(30)33/h2-7,10,13,17-18,21,23-24H,8-9,11-12,14H2,1H3,(H,29,31)/t17-,18-,21-,23+,24+/m0/s1. The topological polar surface area (TPSA) is 92.8 Å². The molecule has 2 aromatic rings. The molecule has 1 heterocycles. The fourth-order valence-corrected chi connectivity index (χ4v) is 6.18. The number of hydrogen-bond donors (Lipinski definition) is 1. The molecule has 1 saturated heterocycles. The van der Waals surface area contributed by atoms with Crippen LogP contribution in [0, 0.1) is 30.6 Å². The van der Waals surface area contributed by atoms with Gasteiger partial charge in [-0.05, 0) is 61.3 Å². The third-order valence-corrected chi connectivity index (χ3v) is 7.87. The quantitative estimate of drug-likeness (QED) is 0.467. The highest BCUT2D eigenvalue weighted by molar-refractivity contribution is 6.31. The number of amides is 3. The van der Waals surface area contributed by atoms with E-state index in [-0.39, 0.29) is 41.9 Å². The fraction of sp³-hybridized carbons (Fsp3) is 0.407. The number of ether oxygens (including phenoxy) is 1. The van der Waals surface area contributed by atoms with Crippen LogP contribution in [0.1, 0.15) is 30.4 Å². The van der Waals surface area contributed by atoms with Crippen molar-refractivity contribution in [3.8, 4) is 0 Å². The van der Waals surface area contributed by atoms with E-state index in [1.165, 1.54) is 0 Å². The summed E-state index contributed by atoms with van der Waals surface area (Å²) < 4.78 is 5.35. The molecule has 182 valence electrons. The zero-order valence-electron chi connectivity index (χ0n) is 19.4. The Balaban J connectivity index is 1.32. The third kappa shape index (κ3) is 4.45. The lowest BCUT2D eigenvalue weighted by Gasteiger charge is -2.26. The summed E-state index contributed by atoms with van der Waals surface area (Å²) in [6.07, 6.45) is 2.96. The first-order valence-corrected chi connectivity index (χ1v) is 12.3. The maximum Gasteiger partial charge on any atom is 0.330 e. The molecule has 2 bridgehead atoms. The van der Waals surface area contributed by atoms with Crippen LogP contribution in [0.5, 0.6) is 0 Å². The van der Waals surface area contributed by atoms with E-state index in [0.29, 0.717) is 10.7 Å². The Kier molecular flexibility index (Phi) is 6.36. The van der Waals surface area contributed by atoms with Crippen molar-refractivity contribution in [2.75, 3.05) is 11.9 Å². The Morgan fingerprint density at radius 2 is 1.71 bits per heavy atom. The molecule has 5 rings (SSSR count). The first-order chi connectivity index (χ1) is 16.8. The molecule has 1 aliphatic heterocycles. The van der Waals surface area contributed by atoms with Crippen LogP contribution in [-0.4, -0.2) is 41.2 Å². The maximum atomic E-state index is 13.4. The smallest absolute Gasteiger partial charge is 0.330 e. The van der Waals surface area contributed by atoms with Gasteiger partial charge >= 0.3 is 5.97 Å². The Hall–Kier alpha value is -3.19. The fourth-order valence-electron chi connectivity index (χ4n) is 6.00. The van der Waals surface area contributed by atoms with E-state index in [1.807, 2.05) is 37.3 Å². The predicted octanol–water partition coefficient (Wildman–Crippen LogP) is 3.77. The van der Waals surface area contributed by atoms with Gasteiger partial charge in [0.15, 0.2) is 6.61 Å². The minimum atomic E-state index is -1.11. The number of nitrogens with zero attached hydrogens (tertiary/aromatic N) is 1. The second-order valence-electron chi connectivity index (χ2n) is 9.75. The number of carbonyl (C=O) groups is 4. The van der Waals surface area contributed by atoms with Crippen molar-refractivity contribution in [2.24, 2.45) is 23.7 Å². The first-order valence-electron chi connectivity index (χ1n) is 12.0. The minimum absolute atomic E-state index is 0.140. The normalized spacial score (nSPS) is 25.5. The van der Waals surface area contributed by atoms with Crippen molar-refractivity contribution < 1.29 is 23.9 Å². The van der Waals surface area contributed by atoms with Crippen LogP contribution >= 0.6 is 11.6 Å². The van der Waals surface area contributed by atoms with Crippen LogP contribution < -0.4 is 5.32 Å². The van der Waals surface area contributed by atoms with Gasteiger partial charge in [0.05, 0.1) is 11.8 Å². The summed E-state index contributed by atoms with van der Waals surface area (Å²) in [4.78, 5) is 53.6. The number of halogens is 1. The predicted molar refractivity (Wildman–Crippen MR) is 129 cm³/mol. The molecule has 5 atom stereocenters. The largest absolute Gasteiger partial charge is 0.454 e. The van der Waals surface area contributed by atoms with E-state index >= 15 is 0 Å². The highest BCUT2D eigenvalue weighted by Crippen LogP contribution is 2.56. The molecule has 2 saturated carbocycles. The molecule has 3 aliphatic rings. The van der Waals surface area contributed by atoms with Crippen LogP contribution in [0.2, 0.25) is 5.02 Å². The van der Waals surface area contributed by atoms with Crippen molar-refractivity contribution in [3.05, 3.63) is 64.7 Å². The Labute approximate surface area is 208 Å². The number of carbonyl (C=O) groups excluding carboxylic acids is 4. The van der Waals surface area contributed by atoms with Crippen molar-refractivity contribution in [3.63, 3.8) is 0 Å². The van der Waals surface area contributed by atoms with Gasteiger partial charge in [0.2, 0.25) is 11.8 Å². The summed E-state index contributed by atoms with van der Waals surface area (Å²) in [5.41, 5.74) is 2.13. The second-order valence-corrected chi connectivity index (χ2v) is 10.2. The molecular weight excluding hydrogens is 468 g/mol.